The van der Waals surface area contributed by atoms with Gasteiger partial charge in [0.05, 0.1) is 13.2 Å². The van der Waals surface area contributed by atoms with Crippen molar-refractivity contribution >= 4 is 22.8 Å². The molecule has 3 aromatic carbocycles. The van der Waals surface area contributed by atoms with Gasteiger partial charge in [-0.1, -0.05) is 92.6 Å². The summed E-state index contributed by atoms with van der Waals surface area (Å²) in [6, 6.07) is 22.2. The predicted molar refractivity (Wildman–Crippen MR) is 139 cm³/mol. The van der Waals surface area contributed by atoms with Crippen molar-refractivity contribution in [3.05, 3.63) is 89.7 Å². The summed E-state index contributed by atoms with van der Waals surface area (Å²) < 4.78 is 12.0. The van der Waals surface area contributed by atoms with Crippen LogP contribution in [0.1, 0.15) is 55.2 Å². The maximum absolute atomic E-state index is 12.9. The summed E-state index contributed by atoms with van der Waals surface area (Å²) in [5.41, 5.74) is 1.88. The fourth-order valence-corrected chi connectivity index (χ4v) is 4.33. The number of fused-ring (bicyclic) bond motifs is 1. The normalized spacial score (nSPS) is 12.6. The van der Waals surface area contributed by atoms with E-state index >= 15 is 0 Å². The van der Waals surface area contributed by atoms with Gasteiger partial charge in [0.15, 0.2) is 11.9 Å². The lowest BCUT2D eigenvalue weighted by atomic mass is 9.98. The standard InChI is InChI=1S/C28H31N5O4/c1-3-4-17-25(27(34)36-2)33-26(30-31-32-33)24(29-28(35)37-19-20-11-6-5-7-12-20)18-22-15-10-14-21-13-8-9-16-23(21)22/h5-16,24-25H,3-4,17-19H2,1-2H3,(H,29,35)/t24-,25-/m0/s1. The SMILES string of the molecule is CCCC[C@@H](C(=O)OC)n1nnnc1[C@H](Cc1cccc2ccccc12)NC(=O)OCc1ccccc1. The van der Waals surface area contributed by atoms with Crippen molar-refractivity contribution in [1.29, 1.82) is 0 Å². The Morgan fingerprint density at radius 3 is 2.54 bits per heavy atom. The maximum Gasteiger partial charge on any atom is 0.408 e. The topological polar surface area (TPSA) is 108 Å². The Bertz CT molecular complexity index is 1320. The van der Waals surface area contributed by atoms with Gasteiger partial charge < -0.3 is 14.8 Å². The molecule has 2 atom stereocenters. The van der Waals surface area contributed by atoms with Crippen molar-refractivity contribution in [2.24, 2.45) is 0 Å². The number of carbonyl (C=O) groups excluding carboxylic acids is 2. The lowest BCUT2D eigenvalue weighted by Crippen LogP contribution is -2.34. The highest BCUT2D eigenvalue weighted by molar-refractivity contribution is 5.85. The highest BCUT2D eigenvalue weighted by atomic mass is 16.5. The second-order valence-electron chi connectivity index (χ2n) is 8.76. The number of nitrogens with zero attached hydrogens (tertiary/aromatic N) is 4. The minimum Gasteiger partial charge on any atom is -0.467 e. The van der Waals surface area contributed by atoms with Gasteiger partial charge in [0.1, 0.15) is 6.61 Å². The number of rotatable bonds is 11. The van der Waals surface area contributed by atoms with Crippen LogP contribution in [0.2, 0.25) is 0 Å². The Kier molecular flexibility index (Phi) is 8.80. The second kappa shape index (κ2) is 12.6. The molecule has 1 amide bonds. The van der Waals surface area contributed by atoms with Crippen molar-refractivity contribution in [3.8, 4) is 0 Å². The van der Waals surface area contributed by atoms with Crippen molar-refractivity contribution in [3.63, 3.8) is 0 Å². The van der Waals surface area contributed by atoms with E-state index in [-0.39, 0.29) is 6.61 Å². The molecule has 1 aromatic heterocycles. The van der Waals surface area contributed by atoms with Gasteiger partial charge in [0.25, 0.3) is 0 Å². The van der Waals surface area contributed by atoms with Crippen LogP contribution in [-0.4, -0.2) is 39.4 Å². The van der Waals surface area contributed by atoms with Crippen LogP contribution in [0.3, 0.4) is 0 Å². The molecule has 0 aliphatic rings. The molecule has 0 radical (unpaired) electrons. The quantitative estimate of drug-likeness (QED) is 0.290. The third-order valence-corrected chi connectivity index (χ3v) is 6.24. The van der Waals surface area contributed by atoms with Crippen molar-refractivity contribution in [2.75, 3.05) is 7.11 Å². The fraction of sp³-hybridized carbons (Fsp3) is 0.321. The van der Waals surface area contributed by atoms with Gasteiger partial charge in [-0.05, 0) is 38.7 Å². The highest BCUT2D eigenvalue weighted by Crippen LogP contribution is 2.26. The molecule has 0 saturated carbocycles. The number of nitrogens with one attached hydrogen (secondary N) is 1. The van der Waals surface area contributed by atoms with Gasteiger partial charge in [-0.15, -0.1) is 5.10 Å². The number of aromatic nitrogens is 4. The van der Waals surface area contributed by atoms with Crippen LogP contribution in [0, 0.1) is 0 Å². The Labute approximate surface area is 215 Å². The smallest absolute Gasteiger partial charge is 0.408 e. The van der Waals surface area contributed by atoms with Gasteiger partial charge in [-0.2, -0.15) is 0 Å². The monoisotopic (exact) mass is 501 g/mol. The number of alkyl carbamates (subject to hydrolysis) is 1. The summed E-state index contributed by atoms with van der Waals surface area (Å²) in [6.07, 6.45) is 1.99. The summed E-state index contributed by atoms with van der Waals surface area (Å²) in [4.78, 5) is 25.6. The number of carbonyl (C=O) groups is 2. The zero-order chi connectivity index (χ0) is 26.0. The largest absolute Gasteiger partial charge is 0.467 e. The van der Waals surface area contributed by atoms with Crippen LogP contribution in [0.25, 0.3) is 10.8 Å². The van der Waals surface area contributed by atoms with E-state index in [0.717, 1.165) is 34.7 Å². The molecule has 1 heterocycles. The number of benzene rings is 3. The van der Waals surface area contributed by atoms with Gasteiger partial charge in [0.2, 0.25) is 0 Å². The lowest BCUT2D eigenvalue weighted by molar-refractivity contribution is -0.145. The number of hydrogen-bond donors (Lipinski definition) is 1. The maximum atomic E-state index is 12.9. The fourth-order valence-electron chi connectivity index (χ4n) is 4.33. The van der Waals surface area contributed by atoms with E-state index in [0.29, 0.717) is 18.7 Å². The van der Waals surface area contributed by atoms with Crippen LogP contribution in [0.15, 0.2) is 72.8 Å². The van der Waals surface area contributed by atoms with Gasteiger partial charge in [0, 0.05) is 6.42 Å². The first kappa shape index (κ1) is 25.8. The van der Waals surface area contributed by atoms with Gasteiger partial charge >= 0.3 is 12.1 Å². The Morgan fingerprint density at radius 2 is 1.76 bits per heavy atom. The second-order valence-corrected chi connectivity index (χ2v) is 8.76. The molecule has 0 unspecified atom stereocenters. The molecule has 37 heavy (non-hydrogen) atoms. The third-order valence-electron chi connectivity index (χ3n) is 6.24. The number of hydrogen-bond acceptors (Lipinski definition) is 7. The first-order valence-electron chi connectivity index (χ1n) is 12.4. The summed E-state index contributed by atoms with van der Waals surface area (Å²) in [6.45, 7) is 2.17. The average Bonchev–Trinajstić information content (AvgIpc) is 3.42. The van der Waals surface area contributed by atoms with E-state index in [2.05, 4.69) is 20.8 Å². The lowest BCUT2D eigenvalue weighted by Gasteiger charge is -2.22. The molecule has 4 rings (SSSR count). The Hall–Kier alpha value is -4.27. The van der Waals surface area contributed by atoms with Crippen LogP contribution < -0.4 is 5.32 Å². The molecule has 0 spiro atoms. The summed E-state index contributed by atoms with van der Waals surface area (Å²) >= 11 is 0. The molecular weight excluding hydrogens is 470 g/mol. The Morgan fingerprint density at radius 1 is 1.00 bits per heavy atom. The highest BCUT2D eigenvalue weighted by Gasteiger charge is 2.30. The summed E-state index contributed by atoms with van der Waals surface area (Å²) in [7, 11) is 1.35. The minimum atomic E-state index is -0.702. The van der Waals surface area contributed by atoms with Crippen LogP contribution in [0.4, 0.5) is 4.79 Å². The molecule has 0 bridgehead atoms. The van der Waals surface area contributed by atoms with E-state index in [1.165, 1.54) is 11.8 Å². The predicted octanol–water partition coefficient (Wildman–Crippen LogP) is 4.94. The molecule has 9 heteroatoms. The Balaban J connectivity index is 1.65. The molecule has 4 aromatic rings. The third kappa shape index (κ3) is 6.49. The average molecular weight is 502 g/mol. The first-order chi connectivity index (χ1) is 18.1. The molecule has 0 aliphatic carbocycles. The number of unbranched alkanes of at least 4 members (excludes halogenated alkanes) is 1. The zero-order valence-electron chi connectivity index (χ0n) is 21.0. The summed E-state index contributed by atoms with van der Waals surface area (Å²) in [5, 5.41) is 17.3. The molecule has 0 fully saturated rings. The van der Waals surface area contributed by atoms with Crippen molar-refractivity contribution in [2.45, 2.75) is 51.3 Å². The molecule has 1 N–H and O–H groups in total. The molecule has 0 aliphatic heterocycles. The number of methoxy groups -OCH3 is 1. The van der Waals surface area contributed by atoms with Crippen LogP contribution in [-0.2, 0) is 27.3 Å². The van der Waals surface area contributed by atoms with Crippen molar-refractivity contribution in [1.82, 2.24) is 25.5 Å². The van der Waals surface area contributed by atoms with E-state index in [4.69, 9.17) is 9.47 Å². The van der Waals surface area contributed by atoms with E-state index in [1.807, 2.05) is 79.7 Å². The van der Waals surface area contributed by atoms with Crippen LogP contribution >= 0.6 is 0 Å². The summed E-state index contributed by atoms with van der Waals surface area (Å²) in [5.74, 6) is -0.0753. The number of amides is 1. The number of esters is 1. The van der Waals surface area contributed by atoms with Crippen molar-refractivity contribution < 1.29 is 19.1 Å². The number of ether oxygens (including phenoxy) is 2. The van der Waals surface area contributed by atoms with E-state index < -0.39 is 24.1 Å². The van der Waals surface area contributed by atoms with Gasteiger partial charge in [-0.25, -0.2) is 14.3 Å². The molecule has 192 valence electrons. The minimum absolute atomic E-state index is 0.125. The molecular formula is C28H31N5O4. The van der Waals surface area contributed by atoms with E-state index in [9.17, 15) is 9.59 Å². The zero-order valence-corrected chi connectivity index (χ0v) is 21.0. The molecule has 9 nitrogen and oxygen atoms in total. The van der Waals surface area contributed by atoms with E-state index in [1.54, 1.807) is 0 Å². The number of tetrazole rings is 1. The molecule has 0 saturated heterocycles. The van der Waals surface area contributed by atoms with Crippen LogP contribution in [0.5, 0.6) is 0 Å². The van der Waals surface area contributed by atoms with Gasteiger partial charge in [-0.3, -0.25) is 0 Å². The first-order valence-corrected chi connectivity index (χ1v) is 12.4.